The summed E-state index contributed by atoms with van der Waals surface area (Å²) in [6.07, 6.45) is -0.683. The van der Waals surface area contributed by atoms with E-state index >= 15 is 0 Å². The number of quaternary nitrogens is 1. The Kier molecular flexibility index (Phi) is 4.54. The number of ether oxygens (including phenoxy) is 1. The number of fused-ring (bicyclic) bond motifs is 1. The van der Waals surface area contributed by atoms with E-state index in [-0.39, 0.29) is 5.24 Å². The molecular formula is C16H21N2O4S+. The zero-order valence-electron chi connectivity index (χ0n) is 13.9. The molecular weight excluding hydrogens is 316 g/mol. The molecule has 0 spiro atoms. The summed E-state index contributed by atoms with van der Waals surface area (Å²) < 4.78 is 4.68. The van der Waals surface area contributed by atoms with Gasteiger partial charge in [0.05, 0.1) is 11.9 Å². The van der Waals surface area contributed by atoms with Gasteiger partial charge >= 0.3 is 17.2 Å². The van der Waals surface area contributed by atoms with Crippen molar-refractivity contribution < 1.29 is 19.1 Å². The number of benzene rings is 1. The van der Waals surface area contributed by atoms with E-state index in [2.05, 4.69) is 5.32 Å². The number of carbonyl (C=O) groups excluding carboxylic acids is 3. The Morgan fingerprint density at radius 2 is 1.87 bits per heavy atom. The highest BCUT2D eigenvalue weighted by molar-refractivity contribution is 8.14. The van der Waals surface area contributed by atoms with Crippen LogP contribution in [0.1, 0.15) is 27.7 Å². The average molecular weight is 337 g/mol. The lowest BCUT2D eigenvalue weighted by molar-refractivity contribution is -0.128. The fraction of sp³-hybridized carbons (Fsp3) is 0.438. The fourth-order valence-electron chi connectivity index (χ4n) is 2.34. The number of carbonyl (C=O) groups is 3. The Bertz CT molecular complexity index is 668. The highest BCUT2D eigenvalue weighted by Crippen LogP contribution is 2.44. The first kappa shape index (κ1) is 17.5. The predicted octanol–water partition coefficient (Wildman–Crippen LogP) is 3.29. The number of likely N-dealkylation sites (N-methyl/N-ethyl adjacent to an activating group) is 1. The first-order chi connectivity index (χ1) is 10.6. The van der Waals surface area contributed by atoms with Crippen molar-refractivity contribution in [2.24, 2.45) is 0 Å². The van der Waals surface area contributed by atoms with Crippen LogP contribution in [0.4, 0.5) is 15.3 Å². The monoisotopic (exact) mass is 337 g/mol. The van der Waals surface area contributed by atoms with E-state index in [9.17, 15) is 14.4 Å². The topological polar surface area (TPSA) is 72.5 Å². The Labute approximate surface area is 139 Å². The lowest BCUT2D eigenvalue weighted by Crippen LogP contribution is -2.59. The number of nitrogens with one attached hydrogen (secondary N) is 1. The molecule has 124 valence electrons. The molecule has 7 heteroatoms. The average Bonchev–Trinajstić information content (AvgIpc) is 2.69. The number of hydrogen-bond acceptors (Lipinski definition) is 5. The zero-order valence-corrected chi connectivity index (χ0v) is 14.7. The minimum absolute atomic E-state index is 0.283. The largest absolute Gasteiger partial charge is 0.444 e. The Balaban J connectivity index is 2.19. The van der Waals surface area contributed by atoms with Crippen LogP contribution in [0, 0.1) is 0 Å². The molecule has 0 fully saturated rings. The van der Waals surface area contributed by atoms with Crippen LogP contribution >= 0.6 is 11.8 Å². The van der Waals surface area contributed by atoms with E-state index in [1.54, 1.807) is 52.9 Å². The molecule has 0 aromatic heterocycles. The fourth-order valence-corrected chi connectivity index (χ4v) is 3.40. The molecule has 3 amide bonds. The van der Waals surface area contributed by atoms with E-state index in [4.69, 9.17) is 4.74 Å². The van der Waals surface area contributed by atoms with E-state index in [0.29, 0.717) is 5.69 Å². The smallest absolute Gasteiger partial charge is 0.408 e. The van der Waals surface area contributed by atoms with E-state index in [1.807, 2.05) is 6.07 Å². The molecule has 0 radical (unpaired) electrons. The molecule has 1 heterocycles. The molecule has 2 atom stereocenters. The SMILES string of the molecule is C[C@H](NC(=O)OC(C)(C)C)C(=O)[N+]1(C)C(=O)Sc2ccccc21. The van der Waals surface area contributed by atoms with Crippen LogP contribution in [0.5, 0.6) is 0 Å². The van der Waals surface area contributed by atoms with Gasteiger partial charge in [0, 0.05) is 17.8 Å². The number of para-hydroxylation sites is 1. The molecule has 1 aromatic rings. The number of hydrogen-bond donors (Lipinski definition) is 1. The second-order valence-electron chi connectivity index (χ2n) is 6.55. The maximum absolute atomic E-state index is 12.8. The Morgan fingerprint density at radius 3 is 2.48 bits per heavy atom. The summed E-state index contributed by atoms with van der Waals surface area (Å²) in [4.78, 5) is 37.8. The number of nitrogens with zero attached hydrogens (tertiary/aromatic N) is 1. The molecule has 0 aliphatic carbocycles. The van der Waals surface area contributed by atoms with Gasteiger partial charge < -0.3 is 10.1 Å². The summed E-state index contributed by atoms with van der Waals surface area (Å²) in [6, 6.07) is 6.31. The molecule has 0 bridgehead atoms. The van der Waals surface area contributed by atoms with Crippen LogP contribution < -0.4 is 9.80 Å². The highest BCUT2D eigenvalue weighted by atomic mass is 32.2. The van der Waals surface area contributed by atoms with Gasteiger partial charge in [-0.05, 0) is 33.8 Å². The van der Waals surface area contributed by atoms with Crippen LogP contribution in [-0.2, 0) is 9.53 Å². The van der Waals surface area contributed by atoms with Crippen molar-refractivity contribution >= 4 is 34.7 Å². The quantitative estimate of drug-likeness (QED) is 0.838. The third-order valence-corrected chi connectivity index (χ3v) is 4.56. The number of imide groups is 1. The molecule has 23 heavy (non-hydrogen) atoms. The molecule has 1 unspecified atom stereocenters. The first-order valence-corrected chi connectivity index (χ1v) is 8.10. The number of amides is 3. The Hall–Kier alpha value is -1.86. The number of rotatable bonds is 2. The predicted molar refractivity (Wildman–Crippen MR) is 89.3 cm³/mol. The zero-order chi connectivity index (χ0) is 17.4. The standard InChI is InChI=1S/C16H20N2O4S/c1-10(17-14(20)22-16(2,3)4)13(19)18(5)11-8-6-7-9-12(11)23-15(18)21/h6-10H,1-5H3/p+1/t10-,18?/m0/s1. The summed E-state index contributed by atoms with van der Waals surface area (Å²) in [5.41, 5.74) is -0.0256. The van der Waals surface area contributed by atoms with Crippen molar-refractivity contribution in [2.45, 2.75) is 44.2 Å². The molecule has 1 aliphatic rings. The minimum atomic E-state index is -0.856. The number of thioether (sulfide) groups is 1. The van der Waals surface area contributed by atoms with Crippen molar-refractivity contribution in [3.05, 3.63) is 24.3 Å². The van der Waals surface area contributed by atoms with E-state index < -0.39 is 28.1 Å². The van der Waals surface area contributed by atoms with Gasteiger partial charge in [-0.15, -0.1) is 0 Å². The second kappa shape index (κ2) is 5.98. The van der Waals surface area contributed by atoms with Gasteiger partial charge in [-0.25, -0.2) is 14.4 Å². The summed E-state index contributed by atoms with van der Waals surface area (Å²) >= 11 is 1.04. The van der Waals surface area contributed by atoms with E-state index in [1.165, 1.54) is 0 Å². The van der Waals surface area contributed by atoms with E-state index in [0.717, 1.165) is 16.7 Å². The van der Waals surface area contributed by atoms with Gasteiger partial charge in [0.15, 0.2) is 5.69 Å². The normalized spacial score (nSPS) is 21.5. The van der Waals surface area contributed by atoms with Gasteiger partial charge in [0.2, 0.25) is 0 Å². The van der Waals surface area contributed by atoms with Crippen molar-refractivity contribution in [3.8, 4) is 0 Å². The van der Waals surface area contributed by atoms with Gasteiger partial charge in [0.25, 0.3) is 0 Å². The number of alkyl carbamates (subject to hydrolysis) is 1. The molecule has 1 N–H and O–H groups in total. The molecule has 0 saturated carbocycles. The van der Waals surface area contributed by atoms with Crippen LogP contribution in [0.25, 0.3) is 0 Å². The summed E-state index contributed by atoms with van der Waals surface area (Å²) in [5.74, 6) is -0.404. The molecule has 6 nitrogen and oxygen atoms in total. The molecule has 2 rings (SSSR count). The molecule has 1 aromatic carbocycles. The highest BCUT2D eigenvalue weighted by Gasteiger charge is 2.52. The van der Waals surface area contributed by atoms with Gasteiger partial charge in [-0.3, -0.25) is 0 Å². The van der Waals surface area contributed by atoms with Crippen LogP contribution in [0.15, 0.2) is 29.2 Å². The summed E-state index contributed by atoms with van der Waals surface area (Å²) in [7, 11) is 1.55. The molecule has 0 saturated heterocycles. The summed E-state index contributed by atoms with van der Waals surface area (Å²) in [6.45, 7) is 6.77. The van der Waals surface area contributed by atoms with Crippen LogP contribution in [0.3, 0.4) is 0 Å². The minimum Gasteiger partial charge on any atom is -0.444 e. The molecule has 1 aliphatic heterocycles. The maximum atomic E-state index is 12.8. The lowest BCUT2D eigenvalue weighted by Gasteiger charge is -2.27. The van der Waals surface area contributed by atoms with Crippen LogP contribution in [-0.4, -0.2) is 35.9 Å². The van der Waals surface area contributed by atoms with Crippen molar-refractivity contribution in [3.63, 3.8) is 0 Å². The van der Waals surface area contributed by atoms with Gasteiger partial charge in [-0.1, -0.05) is 12.1 Å². The lowest BCUT2D eigenvalue weighted by atomic mass is 10.2. The van der Waals surface area contributed by atoms with Crippen molar-refractivity contribution in [1.29, 1.82) is 0 Å². The van der Waals surface area contributed by atoms with Gasteiger partial charge in [-0.2, -0.15) is 4.48 Å². The van der Waals surface area contributed by atoms with Gasteiger partial charge in [0.1, 0.15) is 11.6 Å². The third kappa shape index (κ3) is 3.40. The summed E-state index contributed by atoms with van der Waals surface area (Å²) in [5, 5.41) is 2.22. The second-order valence-corrected chi connectivity index (χ2v) is 7.54. The first-order valence-electron chi connectivity index (χ1n) is 7.28. The Morgan fingerprint density at radius 1 is 1.26 bits per heavy atom. The maximum Gasteiger partial charge on any atom is 0.408 e. The van der Waals surface area contributed by atoms with Crippen molar-refractivity contribution in [2.75, 3.05) is 7.05 Å². The van der Waals surface area contributed by atoms with Crippen molar-refractivity contribution in [1.82, 2.24) is 9.80 Å². The van der Waals surface area contributed by atoms with Crippen LogP contribution in [0.2, 0.25) is 0 Å². The third-order valence-electron chi connectivity index (χ3n) is 3.45.